The average molecular weight is 439 g/mol. The van der Waals surface area contributed by atoms with Crippen LogP contribution in [0.3, 0.4) is 0 Å². The Morgan fingerprint density at radius 3 is 2.29 bits per heavy atom. The summed E-state index contributed by atoms with van der Waals surface area (Å²) in [6.45, 7) is 6.65. The maximum Gasteiger partial charge on any atom is 0.234 e. The van der Waals surface area contributed by atoms with Crippen LogP contribution in [0.15, 0.2) is 47.6 Å². The monoisotopic (exact) mass is 438 g/mol. The quantitative estimate of drug-likeness (QED) is 0.460. The van der Waals surface area contributed by atoms with Gasteiger partial charge < -0.3 is 14.6 Å². The Kier molecular flexibility index (Phi) is 8.12. The lowest BCUT2D eigenvalue weighted by Gasteiger charge is -2.14. The maximum atomic E-state index is 12.6. The van der Waals surface area contributed by atoms with E-state index >= 15 is 0 Å². The summed E-state index contributed by atoms with van der Waals surface area (Å²) < 4.78 is 7.70. The van der Waals surface area contributed by atoms with E-state index in [0.29, 0.717) is 17.6 Å². The molecule has 0 aliphatic carbocycles. The number of anilines is 1. The largest absolute Gasteiger partial charge is 0.486 e. The molecule has 0 unspecified atom stereocenters. The van der Waals surface area contributed by atoms with Gasteiger partial charge in [0.15, 0.2) is 11.0 Å². The van der Waals surface area contributed by atoms with Gasteiger partial charge in [0.1, 0.15) is 12.4 Å². The van der Waals surface area contributed by atoms with E-state index in [0.717, 1.165) is 41.8 Å². The Hall–Kier alpha value is -2.80. The minimum atomic E-state index is -0.0441. The lowest BCUT2D eigenvalue weighted by Crippen LogP contribution is -2.17. The molecule has 7 heteroatoms. The second-order valence-corrected chi connectivity index (χ2v) is 8.18. The maximum absolute atomic E-state index is 12.6. The molecular formula is C24H30N4O2S. The molecule has 0 spiro atoms. The van der Waals surface area contributed by atoms with E-state index in [2.05, 4.69) is 60.6 Å². The van der Waals surface area contributed by atoms with Crippen molar-refractivity contribution in [1.29, 1.82) is 0 Å². The van der Waals surface area contributed by atoms with Gasteiger partial charge in [0, 0.05) is 12.7 Å². The van der Waals surface area contributed by atoms with Crippen LogP contribution in [0, 0.1) is 0 Å². The third kappa shape index (κ3) is 5.88. The number of aromatic nitrogens is 3. The van der Waals surface area contributed by atoms with Gasteiger partial charge in [-0.05, 0) is 48.1 Å². The highest BCUT2D eigenvalue weighted by Crippen LogP contribution is 2.24. The van der Waals surface area contributed by atoms with E-state index in [1.54, 1.807) is 0 Å². The number of hydrogen-bond donors (Lipinski definition) is 1. The number of amides is 1. The highest BCUT2D eigenvalue weighted by Gasteiger charge is 2.14. The minimum Gasteiger partial charge on any atom is -0.486 e. The molecule has 2 aromatic carbocycles. The minimum absolute atomic E-state index is 0.0441. The first-order valence-corrected chi connectivity index (χ1v) is 11.7. The molecule has 1 heterocycles. The molecule has 31 heavy (non-hydrogen) atoms. The Bertz CT molecular complexity index is 993. The fraction of sp³-hybridized carbons (Fsp3) is 0.375. The standard InChI is InChI=1S/C24H30N4O2S/c1-5-17-11-13-20(14-12-17)30-15-21-26-27-24(28(21)4)31-16-22(29)25-23-18(6-2)9-8-10-19(23)7-3/h8-14H,5-7,15-16H2,1-4H3,(H,25,29). The predicted molar refractivity (Wildman–Crippen MR) is 126 cm³/mol. The van der Waals surface area contributed by atoms with Gasteiger partial charge in [0.2, 0.25) is 5.91 Å². The van der Waals surface area contributed by atoms with Crippen molar-refractivity contribution in [3.8, 4) is 5.75 Å². The first kappa shape index (κ1) is 22.9. The first-order valence-electron chi connectivity index (χ1n) is 10.7. The lowest BCUT2D eigenvalue weighted by molar-refractivity contribution is -0.113. The van der Waals surface area contributed by atoms with Crippen LogP contribution in [-0.4, -0.2) is 26.4 Å². The second-order valence-electron chi connectivity index (χ2n) is 7.24. The highest BCUT2D eigenvalue weighted by molar-refractivity contribution is 7.99. The van der Waals surface area contributed by atoms with Gasteiger partial charge in [-0.3, -0.25) is 4.79 Å². The SMILES string of the molecule is CCc1ccc(OCc2nnc(SCC(=O)Nc3c(CC)cccc3CC)n2C)cc1. The molecule has 6 nitrogen and oxygen atoms in total. The number of carbonyl (C=O) groups is 1. The van der Waals surface area contributed by atoms with Crippen molar-refractivity contribution in [2.75, 3.05) is 11.1 Å². The molecule has 0 saturated heterocycles. The summed E-state index contributed by atoms with van der Waals surface area (Å²) in [5, 5.41) is 12.2. The number of thioether (sulfide) groups is 1. The van der Waals surface area contributed by atoms with Crippen LogP contribution >= 0.6 is 11.8 Å². The molecular weight excluding hydrogens is 408 g/mol. The van der Waals surface area contributed by atoms with Crippen LogP contribution in [-0.2, 0) is 37.7 Å². The topological polar surface area (TPSA) is 69.0 Å². The molecule has 0 radical (unpaired) electrons. The van der Waals surface area contributed by atoms with Crippen LogP contribution in [0.2, 0.25) is 0 Å². The average Bonchev–Trinajstić information content (AvgIpc) is 3.16. The summed E-state index contributed by atoms with van der Waals surface area (Å²) in [6, 6.07) is 14.2. The van der Waals surface area contributed by atoms with E-state index < -0.39 is 0 Å². The molecule has 0 bridgehead atoms. The molecule has 0 atom stereocenters. The molecule has 0 saturated carbocycles. The highest BCUT2D eigenvalue weighted by atomic mass is 32.2. The van der Waals surface area contributed by atoms with Crippen molar-refractivity contribution in [2.24, 2.45) is 7.05 Å². The Morgan fingerprint density at radius 1 is 1.00 bits per heavy atom. The van der Waals surface area contributed by atoms with Gasteiger partial charge in [0.05, 0.1) is 5.75 Å². The zero-order valence-corrected chi connectivity index (χ0v) is 19.5. The van der Waals surface area contributed by atoms with Gasteiger partial charge in [-0.2, -0.15) is 0 Å². The van der Waals surface area contributed by atoms with Gasteiger partial charge in [-0.1, -0.05) is 62.9 Å². The van der Waals surface area contributed by atoms with Gasteiger partial charge >= 0.3 is 0 Å². The third-order valence-corrected chi connectivity index (χ3v) is 6.24. The van der Waals surface area contributed by atoms with Crippen molar-refractivity contribution in [3.63, 3.8) is 0 Å². The summed E-state index contributed by atoms with van der Waals surface area (Å²) in [4.78, 5) is 12.6. The van der Waals surface area contributed by atoms with Gasteiger partial charge in [-0.15, -0.1) is 10.2 Å². The van der Waals surface area contributed by atoms with Crippen LogP contribution in [0.25, 0.3) is 0 Å². The number of benzene rings is 2. The van der Waals surface area contributed by atoms with Crippen LogP contribution in [0.4, 0.5) is 5.69 Å². The lowest BCUT2D eigenvalue weighted by atomic mass is 10.0. The van der Waals surface area contributed by atoms with E-state index in [4.69, 9.17) is 4.74 Å². The fourth-order valence-electron chi connectivity index (χ4n) is 3.27. The number of nitrogens with zero attached hydrogens (tertiary/aromatic N) is 3. The van der Waals surface area contributed by atoms with Crippen LogP contribution in [0.1, 0.15) is 43.3 Å². The number of carbonyl (C=O) groups excluding carboxylic acids is 1. The summed E-state index contributed by atoms with van der Waals surface area (Å²) in [5.74, 6) is 1.74. The number of rotatable bonds is 10. The summed E-state index contributed by atoms with van der Waals surface area (Å²) >= 11 is 1.37. The molecule has 1 amide bonds. The molecule has 1 aromatic heterocycles. The number of hydrogen-bond acceptors (Lipinski definition) is 5. The molecule has 0 aliphatic rings. The molecule has 0 aliphatic heterocycles. The van der Waals surface area contributed by atoms with E-state index in [9.17, 15) is 4.79 Å². The molecule has 3 aromatic rings. The third-order valence-electron chi connectivity index (χ3n) is 5.22. The Balaban J connectivity index is 1.56. The zero-order chi connectivity index (χ0) is 22.2. The Morgan fingerprint density at radius 2 is 1.68 bits per heavy atom. The first-order chi connectivity index (χ1) is 15.0. The second kappa shape index (κ2) is 11.0. The van der Waals surface area contributed by atoms with Crippen LogP contribution < -0.4 is 10.1 Å². The van der Waals surface area contributed by atoms with Gasteiger partial charge in [-0.25, -0.2) is 0 Å². The van der Waals surface area contributed by atoms with Crippen molar-refractivity contribution in [3.05, 3.63) is 65.0 Å². The number of para-hydroxylation sites is 1. The van der Waals surface area contributed by atoms with E-state index in [1.165, 1.54) is 17.3 Å². The van der Waals surface area contributed by atoms with E-state index in [-0.39, 0.29) is 11.7 Å². The van der Waals surface area contributed by atoms with Crippen molar-refractivity contribution < 1.29 is 9.53 Å². The van der Waals surface area contributed by atoms with E-state index in [1.807, 2.05) is 29.8 Å². The van der Waals surface area contributed by atoms with Crippen molar-refractivity contribution >= 4 is 23.4 Å². The summed E-state index contributed by atoms with van der Waals surface area (Å²) in [5.41, 5.74) is 4.53. The normalized spacial score (nSPS) is 10.8. The van der Waals surface area contributed by atoms with Gasteiger partial charge in [0.25, 0.3) is 0 Å². The zero-order valence-electron chi connectivity index (χ0n) is 18.6. The smallest absolute Gasteiger partial charge is 0.234 e. The number of aryl methyl sites for hydroxylation is 3. The van der Waals surface area contributed by atoms with Crippen molar-refractivity contribution in [2.45, 2.75) is 51.8 Å². The molecule has 0 fully saturated rings. The summed E-state index contributed by atoms with van der Waals surface area (Å²) in [6.07, 6.45) is 2.76. The molecule has 164 valence electrons. The van der Waals surface area contributed by atoms with Crippen molar-refractivity contribution in [1.82, 2.24) is 14.8 Å². The number of nitrogens with one attached hydrogen (secondary N) is 1. The number of ether oxygens (including phenoxy) is 1. The molecule has 3 rings (SSSR count). The fourth-order valence-corrected chi connectivity index (χ4v) is 4.00. The molecule has 1 N–H and O–H groups in total. The van der Waals surface area contributed by atoms with Crippen LogP contribution in [0.5, 0.6) is 5.75 Å². The Labute approximate surface area is 188 Å². The predicted octanol–water partition coefficient (Wildman–Crippen LogP) is 4.81. The summed E-state index contributed by atoms with van der Waals surface area (Å²) in [7, 11) is 1.89.